The van der Waals surface area contributed by atoms with Crippen LogP contribution in [0.5, 0.6) is 11.6 Å². The Morgan fingerprint density at radius 2 is 1.87 bits per heavy atom. The largest absolute Gasteiger partial charge is 0.449 e. The van der Waals surface area contributed by atoms with Crippen LogP contribution in [0.3, 0.4) is 0 Å². The third-order valence-corrected chi connectivity index (χ3v) is 6.85. The molecule has 11 heteroatoms. The summed E-state index contributed by atoms with van der Waals surface area (Å²) in [6, 6.07) is 10.7. The Bertz CT molecular complexity index is 1400. The number of nitrogens with zero attached hydrogens (tertiary/aromatic N) is 4. The summed E-state index contributed by atoms with van der Waals surface area (Å²) >= 11 is 0. The fraction of sp³-hybridized carbons (Fsp3) is 0.200. The number of para-hydroxylation sites is 1. The third-order valence-electron chi connectivity index (χ3n) is 4.80. The summed E-state index contributed by atoms with van der Waals surface area (Å²) in [7, 11) is -3.87. The molecule has 0 fully saturated rings. The van der Waals surface area contributed by atoms with Gasteiger partial charge in [-0.05, 0) is 24.3 Å². The van der Waals surface area contributed by atoms with E-state index in [0.717, 1.165) is 11.5 Å². The summed E-state index contributed by atoms with van der Waals surface area (Å²) in [5.74, 6) is -0.174. The predicted octanol–water partition coefficient (Wildman–Crippen LogP) is 4.11. The van der Waals surface area contributed by atoms with E-state index in [0.29, 0.717) is 11.1 Å². The molecule has 0 atom stereocenters. The van der Waals surface area contributed by atoms with Gasteiger partial charge in [0, 0.05) is 24.5 Å². The normalized spacial score (nSPS) is 12.0. The smallest absolute Gasteiger partial charge is 0.312 e. The van der Waals surface area contributed by atoms with Crippen molar-refractivity contribution >= 4 is 37.8 Å². The van der Waals surface area contributed by atoms with Crippen LogP contribution in [0.1, 0.15) is 13.8 Å². The molecule has 0 amide bonds. The lowest BCUT2D eigenvalue weighted by Gasteiger charge is -2.18. The van der Waals surface area contributed by atoms with E-state index in [-0.39, 0.29) is 35.2 Å². The standard InChI is InChI=1S/C20H18N4O6S/c1-3-23(4-2)31(27,28)13-9-10-17(15(11-13)24(25)26)30-20-19-18(21-12-22-20)14-7-5-6-8-16(14)29-19/h5-12H,3-4H2,1-2H3. The molecule has 0 radical (unpaired) electrons. The topological polar surface area (TPSA) is 129 Å². The number of benzene rings is 2. The number of fused-ring (bicyclic) bond motifs is 3. The zero-order chi connectivity index (χ0) is 22.2. The lowest BCUT2D eigenvalue weighted by atomic mass is 10.2. The Hall–Kier alpha value is -3.57. The summed E-state index contributed by atoms with van der Waals surface area (Å²) in [6.45, 7) is 3.88. The zero-order valence-electron chi connectivity index (χ0n) is 16.7. The number of rotatable bonds is 7. The molecule has 31 heavy (non-hydrogen) atoms. The summed E-state index contributed by atoms with van der Waals surface area (Å²) in [5, 5.41) is 12.4. The zero-order valence-corrected chi connectivity index (χ0v) is 17.5. The van der Waals surface area contributed by atoms with Crippen molar-refractivity contribution in [1.82, 2.24) is 14.3 Å². The van der Waals surface area contributed by atoms with Gasteiger partial charge < -0.3 is 9.15 Å². The molecule has 0 aliphatic carbocycles. The minimum atomic E-state index is -3.87. The highest BCUT2D eigenvalue weighted by Gasteiger charge is 2.27. The molecule has 4 aromatic rings. The van der Waals surface area contributed by atoms with E-state index >= 15 is 0 Å². The van der Waals surface area contributed by atoms with Crippen LogP contribution in [0.25, 0.3) is 22.1 Å². The Morgan fingerprint density at radius 3 is 2.58 bits per heavy atom. The first-order chi connectivity index (χ1) is 14.9. The number of hydrogen-bond donors (Lipinski definition) is 0. The molecule has 0 saturated carbocycles. The molecule has 0 unspecified atom stereocenters. The van der Waals surface area contributed by atoms with Gasteiger partial charge in [-0.3, -0.25) is 10.1 Å². The van der Waals surface area contributed by atoms with Gasteiger partial charge in [-0.2, -0.15) is 9.29 Å². The number of ether oxygens (including phenoxy) is 1. The van der Waals surface area contributed by atoms with Crippen molar-refractivity contribution in [3.05, 3.63) is 58.9 Å². The van der Waals surface area contributed by atoms with Crippen molar-refractivity contribution in [2.75, 3.05) is 13.1 Å². The maximum Gasteiger partial charge on any atom is 0.312 e. The molecule has 0 saturated heterocycles. The number of nitro groups is 1. The first-order valence-corrected chi connectivity index (χ1v) is 10.9. The maximum absolute atomic E-state index is 12.7. The van der Waals surface area contributed by atoms with E-state index in [1.165, 1.54) is 22.8 Å². The molecule has 2 aromatic heterocycles. The number of nitro benzene ring substituents is 1. The van der Waals surface area contributed by atoms with E-state index in [4.69, 9.17) is 9.15 Å². The van der Waals surface area contributed by atoms with Crippen molar-refractivity contribution < 1.29 is 22.5 Å². The van der Waals surface area contributed by atoms with Crippen molar-refractivity contribution in [2.24, 2.45) is 0 Å². The fourth-order valence-electron chi connectivity index (χ4n) is 3.28. The van der Waals surface area contributed by atoms with E-state index in [2.05, 4.69) is 9.97 Å². The van der Waals surface area contributed by atoms with E-state index in [1.54, 1.807) is 26.0 Å². The lowest BCUT2D eigenvalue weighted by Crippen LogP contribution is -2.30. The van der Waals surface area contributed by atoms with Crippen molar-refractivity contribution in [3.63, 3.8) is 0 Å². The lowest BCUT2D eigenvalue weighted by molar-refractivity contribution is -0.385. The number of sulfonamides is 1. The van der Waals surface area contributed by atoms with Crippen LogP contribution in [0.2, 0.25) is 0 Å². The van der Waals surface area contributed by atoms with Crippen LogP contribution in [-0.2, 0) is 10.0 Å². The van der Waals surface area contributed by atoms with Gasteiger partial charge in [-0.25, -0.2) is 13.4 Å². The number of furan rings is 1. The van der Waals surface area contributed by atoms with Crippen LogP contribution >= 0.6 is 0 Å². The molecule has 4 rings (SSSR count). The molecule has 160 valence electrons. The molecule has 2 heterocycles. The first kappa shape index (κ1) is 20.7. The van der Waals surface area contributed by atoms with Gasteiger partial charge in [0.2, 0.25) is 21.4 Å². The highest BCUT2D eigenvalue weighted by molar-refractivity contribution is 7.89. The molecule has 0 N–H and O–H groups in total. The van der Waals surface area contributed by atoms with E-state index < -0.39 is 20.6 Å². The highest BCUT2D eigenvalue weighted by Crippen LogP contribution is 2.37. The molecular formula is C20H18N4O6S. The maximum atomic E-state index is 12.7. The second-order valence-electron chi connectivity index (χ2n) is 6.53. The molecule has 10 nitrogen and oxygen atoms in total. The Kier molecular flexibility index (Phi) is 5.29. The van der Waals surface area contributed by atoms with Crippen molar-refractivity contribution in [2.45, 2.75) is 18.7 Å². The first-order valence-electron chi connectivity index (χ1n) is 9.45. The Morgan fingerprint density at radius 1 is 1.13 bits per heavy atom. The van der Waals surface area contributed by atoms with Crippen LogP contribution in [-0.4, -0.2) is 40.7 Å². The van der Waals surface area contributed by atoms with Crippen LogP contribution < -0.4 is 4.74 Å². The second-order valence-corrected chi connectivity index (χ2v) is 8.47. The number of hydrogen-bond acceptors (Lipinski definition) is 8. The summed E-state index contributed by atoms with van der Waals surface area (Å²) in [5.41, 5.74) is 0.802. The van der Waals surface area contributed by atoms with Gasteiger partial charge in [0.05, 0.1) is 9.82 Å². The summed E-state index contributed by atoms with van der Waals surface area (Å²) < 4.78 is 38.2. The fourth-order valence-corrected chi connectivity index (χ4v) is 4.76. The van der Waals surface area contributed by atoms with Gasteiger partial charge in [-0.1, -0.05) is 26.0 Å². The average molecular weight is 442 g/mol. The summed E-state index contributed by atoms with van der Waals surface area (Å²) in [4.78, 5) is 19.0. The van der Waals surface area contributed by atoms with Gasteiger partial charge >= 0.3 is 5.69 Å². The van der Waals surface area contributed by atoms with Crippen molar-refractivity contribution in [1.29, 1.82) is 0 Å². The minimum absolute atomic E-state index is 0.0105. The van der Waals surface area contributed by atoms with Gasteiger partial charge in [0.25, 0.3) is 5.88 Å². The summed E-state index contributed by atoms with van der Waals surface area (Å²) in [6.07, 6.45) is 1.27. The molecule has 0 aliphatic rings. The quantitative estimate of drug-likeness (QED) is 0.309. The molecule has 0 aliphatic heterocycles. The van der Waals surface area contributed by atoms with E-state index in [1.807, 2.05) is 12.1 Å². The third kappa shape index (κ3) is 3.57. The SMILES string of the molecule is CCN(CC)S(=O)(=O)c1ccc(Oc2ncnc3c2oc2ccccc23)c([N+](=O)[O-])c1. The molecule has 0 bridgehead atoms. The van der Waals surface area contributed by atoms with Gasteiger partial charge in [0.15, 0.2) is 0 Å². The van der Waals surface area contributed by atoms with Gasteiger partial charge in [-0.15, -0.1) is 0 Å². The molecule has 2 aromatic carbocycles. The highest BCUT2D eigenvalue weighted by atomic mass is 32.2. The minimum Gasteiger partial charge on any atom is -0.449 e. The van der Waals surface area contributed by atoms with Crippen LogP contribution in [0, 0.1) is 10.1 Å². The van der Waals surface area contributed by atoms with Gasteiger partial charge in [0.1, 0.15) is 17.4 Å². The monoisotopic (exact) mass is 442 g/mol. The second kappa shape index (κ2) is 7.93. The predicted molar refractivity (Wildman–Crippen MR) is 113 cm³/mol. The average Bonchev–Trinajstić information content (AvgIpc) is 3.14. The van der Waals surface area contributed by atoms with E-state index in [9.17, 15) is 18.5 Å². The van der Waals surface area contributed by atoms with Crippen LogP contribution in [0.15, 0.2) is 58.1 Å². The van der Waals surface area contributed by atoms with Crippen molar-refractivity contribution in [3.8, 4) is 11.6 Å². The molecular weight excluding hydrogens is 424 g/mol. The Labute approximate surface area is 177 Å². The number of aromatic nitrogens is 2. The van der Waals surface area contributed by atoms with Crippen LogP contribution in [0.4, 0.5) is 5.69 Å². The molecule has 0 spiro atoms. The Balaban J connectivity index is 1.80.